The standard InChI is InChI=1S/C8H11N3O3.C2HF3O2/c1-5-4-6(12)11(7(5)13)8(14)10-3-2-9;3-2(4,5)1(6)7/h4H,2-3,9H2,1H3,(H,10,14);(H,6,7). The summed E-state index contributed by atoms with van der Waals surface area (Å²) in [7, 11) is 0. The minimum atomic E-state index is -5.08. The minimum Gasteiger partial charge on any atom is -0.475 e. The van der Waals surface area contributed by atoms with Crippen molar-refractivity contribution in [2.45, 2.75) is 13.1 Å². The Morgan fingerprint density at radius 3 is 2.14 bits per heavy atom. The topological polar surface area (TPSA) is 130 Å². The molecule has 0 aromatic carbocycles. The fourth-order valence-corrected chi connectivity index (χ4v) is 1.04. The number of carboxylic acids is 1. The fourth-order valence-electron chi connectivity index (χ4n) is 1.04. The summed E-state index contributed by atoms with van der Waals surface area (Å²) < 4.78 is 31.7. The molecule has 1 aliphatic heterocycles. The van der Waals surface area contributed by atoms with E-state index in [0.717, 1.165) is 6.08 Å². The van der Waals surface area contributed by atoms with E-state index < -0.39 is 30.0 Å². The predicted octanol–water partition coefficient (Wildman–Crippen LogP) is -0.397. The van der Waals surface area contributed by atoms with E-state index in [1.165, 1.54) is 6.92 Å². The SMILES string of the molecule is CC1=CC(=O)N(C(=O)NCCN)C1=O.O=C(O)C(F)(F)F. The molecule has 0 bridgehead atoms. The number of halogens is 3. The van der Waals surface area contributed by atoms with Crippen LogP contribution in [0.2, 0.25) is 0 Å². The Hall–Kier alpha value is -2.43. The largest absolute Gasteiger partial charge is 0.490 e. The van der Waals surface area contributed by atoms with Crippen molar-refractivity contribution in [3.8, 4) is 0 Å². The highest BCUT2D eigenvalue weighted by Gasteiger charge is 2.38. The van der Waals surface area contributed by atoms with Crippen molar-refractivity contribution in [1.82, 2.24) is 10.2 Å². The van der Waals surface area contributed by atoms with Gasteiger partial charge in [-0.2, -0.15) is 18.1 Å². The van der Waals surface area contributed by atoms with E-state index in [-0.39, 0.29) is 18.7 Å². The highest BCUT2D eigenvalue weighted by atomic mass is 19.4. The Balaban J connectivity index is 0.000000486. The van der Waals surface area contributed by atoms with Crippen LogP contribution in [0.3, 0.4) is 0 Å². The van der Waals surface area contributed by atoms with Crippen LogP contribution in [0.1, 0.15) is 6.92 Å². The van der Waals surface area contributed by atoms with Gasteiger partial charge in [-0.25, -0.2) is 9.59 Å². The lowest BCUT2D eigenvalue weighted by molar-refractivity contribution is -0.192. The third-order valence-corrected chi connectivity index (χ3v) is 1.97. The van der Waals surface area contributed by atoms with Crippen molar-refractivity contribution in [1.29, 1.82) is 0 Å². The second-order valence-corrected chi connectivity index (χ2v) is 3.63. The molecule has 8 nitrogen and oxygen atoms in total. The zero-order valence-corrected chi connectivity index (χ0v) is 10.7. The molecule has 1 rings (SSSR count). The van der Waals surface area contributed by atoms with Crippen LogP contribution in [-0.4, -0.2) is 53.1 Å². The number of imide groups is 3. The van der Waals surface area contributed by atoms with Gasteiger partial charge in [0.25, 0.3) is 11.8 Å². The second kappa shape index (κ2) is 7.38. The van der Waals surface area contributed by atoms with Gasteiger partial charge in [0, 0.05) is 24.7 Å². The number of aliphatic carboxylic acids is 1. The van der Waals surface area contributed by atoms with Crippen LogP contribution in [0.4, 0.5) is 18.0 Å². The lowest BCUT2D eigenvalue weighted by Crippen LogP contribution is -2.45. The van der Waals surface area contributed by atoms with Crippen LogP contribution in [0.5, 0.6) is 0 Å². The van der Waals surface area contributed by atoms with E-state index in [2.05, 4.69) is 5.32 Å². The summed E-state index contributed by atoms with van der Waals surface area (Å²) >= 11 is 0. The summed E-state index contributed by atoms with van der Waals surface area (Å²) in [6, 6.07) is -0.724. The van der Waals surface area contributed by atoms with Crippen LogP contribution in [0.25, 0.3) is 0 Å². The number of nitrogens with zero attached hydrogens (tertiary/aromatic N) is 1. The monoisotopic (exact) mass is 311 g/mol. The molecule has 21 heavy (non-hydrogen) atoms. The average molecular weight is 311 g/mol. The number of alkyl halides is 3. The number of nitrogens with one attached hydrogen (secondary N) is 1. The Morgan fingerprint density at radius 1 is 1.38 bits per heavy atom. The highest BCUT2D eigenvalue weighted by molar-refractivity contribution is 6.24. The van der Waals surface area contributed by atoms with E-state index in [1.54, 1.807) is 0 Å². The van der Waals surface area contributed by atoms with E-state index in [9.17, 15) is 27.6 Å². The summed E-state index contributed by atoms with van der Waals surface area (Å²) in [6.07, 6.45) is -3.95. The molecule has 0 atom stereocenters. The number of rotatable bonds is 2. The van der Waals surface area contributed by atoms with Crippen molar-refractivity contribution < 1.29 is 37.5 Å². The molecular formula is C10H12F3N3O5. The van der Waals surface area contributed by atoms with E-state index >= 15 is 0 Å². The smallest absolute Gasteiger partial charge is 0.475 e. The first kappa shape index (κ1) is 18.6. The third kappa shape index (κ3) is 5.60. The highest BCUT2D eigenvalue weighted by Crippen LogP contribution is 2.13. The molecule has 0 saturated heterocycles. The van der Waals surface area contributed by atoms with Crippen LogP contribution in [0.15, 0.2) is 11.6 Å². The fraction of sp³-hybridized carbons (Fsp3) is 0.400. The Kier molecular flexibility index (Phi) is 6.52. The zero-order valence-electron chi connectivity index (χ0n) is 10.7. The predicted molar refractivity (Wildman–Crippen MR) is 61.8 cm³/mol. The molecule has 1 heterocycles. The number of carbonyl (C=O) groups is 4. The van der Waals surface area contributed by atoms with Gasteiger partial charge in [-0.1, -0.05) is 0 Å². The maximum absolute atomic E-state index is 11.3. The van der Waals surface area contributed by atoms with Crippen LogP contribution < -0.4 is 11.1 Å². The summed E-state index contributed by atoms with van der Waals surface area (Å²) in [6.45, 7) is 1.97. The number of carboxylic acid groups (broad SMARTS) is 1. The first-order valence-electron chi connectivity index (χ1n) is 5.37. The molecular weight excluding hydrogens is 299 g/mol. The van der Waals surface area contributed by atoms with Gasteiger partial charge in [0.1, 0.15) is 0 Å². The lowest BCUT2D eigenvalue weighted by Gasteiger charge is -2.12. The first-order chi connectivity index (χ1) is 9.52. The zero-order chi connectivity index (χ0) is 16.8. The van der Waals surface area contributed by atoms with Crippen molar-refractivity contribution in [2.75, 3.05) is 13.1 Å². The Labute approximate surface area is 116 Å². The van der Waals surface area contributed by atoms with Gasteiger partial charge in [0.15, 0.2) is 0 Å². The second-order valence-electron chi connectivity index (χ2n) is 3.63. The molecule has 4 amide bonds. The quantitative estimate of drug-likeness (QED) is 0.595. The molecule has 0 saturated carbocycles. The van der Waals surface area contributed by atoms with E-state index in [1.807, 2.05) is 0 Å². The first-order valence-corrected chi connectivity index (χ1v) is 5.37. The van der Waals surface area contributed by atoms with Gasteiger partial charge >= 0.3 is 18.2 Å². The molecule has 0 radical (unpaired) electrons. The average Bonchev–Trinajstić information content (AvgIpc) is 2.60. The van der Waals surface area contributed by atoms with E-state index in [0.29, 0.717) is 4.90 Å². The molecule has 11 heteroatoms. The number of amides is 4. The van der Waals surface area contributed by atoms with E-state index in [4.69, 9.17) is 15.6 Å². The maximum Gasteiger partial charge on any atom is 0.490 e. The number of nitrogens with two attached hydrogens (primary N) is 1. The molecule has 118 valence electrons. The van der Waals surface area contributed by atoms with Gasteiger partial charge in [-0.15, -0.1) is 0 Å². The van der Waals surface area contributed by atoms with Gasteiger partial charge < -0.3 is 16.2 Å². The van der Waals surface area contributed by atoms with Gasteiger partial charge in [-0.05, 0) is 6.92 Å². The van der Waals surface area contributed by atoms with Crippen molar-refractivity contribution in [3.05, 3.63) is 11.6 Å². The van der Waals surface area contributed by atoms with Gasteiger partial charge in [-0.3, -0.25) is 9.59 Å². The molecule has 0 aromatic heterocycles. The number of hydrogen-bond donors (Lipinski definition) is 3. The molecule has 4 N–H and O–H groups in total. The normalized spacial score (nSPS) is 14.3. The number of urea groups is 1. The Morgan fingerprint density at radius 2 is 1.86 bits per heavy atom. The molecule has 0 spiro atoms. The number of carbonyl (C=O) groups excluding carboxylic acids is 3. The summed E-state index contributed by atoms with van der Waals surface area (Å²) in [4.78, 5) is 43.1. The maximum atomic E-state index is 11.3. The lowest BCUT2D eigenvalue weighted by atomic mass is 10.3. The van der Waals surface area contributed by atoms with Crippen LogP contribution >= 0.6 is 0 Å². The summed E-state index contributed by atoms with van der Waals surface area (Å²) in [5.74, 6) is -3.95. The van der Waals surface area contributed by atoms with Crippen LogP contribution in [0, 0.1) is 0 Å². The number of hydrogen-bond acceptors (Lipinski definition) is 5. The van der Waals surface area contributed by atoms with Gasteiger partial charge in [0.05, 0.1) is 0 Å². The minimum absolute atomic E-state index is 0.231. The molecule has 0 fully saturated rings. The molecule has 0 unspecified atom stereocenters. The van der Waals surface area contributed by atoms with Crippen molar-refractivity contribution in [2.24, 2.45) is 5.73 Å². The third-order valence-electron chi connectivity index (χ3n) is 1.97. The molecule has 0 aliphatic carbocycles. The molecule has 0 aromatic rings. The summed E-state index contributed by atoms with van der Waals surface area (Å²) in [5.41, 5.74) is 5.42. The van der Waals surface area contributed by atoms with Gasteiger partial charge in [0.2, 0.25) is 0 Å². The Bertz CT molecular complexity index is 487. The molecule has 1 aliphatic rings. The van der Waals surface area contributed by atoms with Crippen molar-refractivity contribution in [3.63, 3.8) is 0 Å². The van der Waals surface area contributed by atoms with Crippen molar-refractivity contribution >= 4 is 23.8 Å². The van der Waals surface area contributed by atoms with Crippen LogP contribution in [-0.2, 0) is 14.4 Å². The summed E-state index contributed by atoms with van der Waals surface area (Å²) in [5, 5.41) is 9.47.